The molecule has 0 aromatic rings. The van der Waals surface area contributed by atoms with Crippen LogP contribution in [0.3, 0.4) is 0 Å². The van der Waals surface area contributed by atoms with Gasteiger partial charge in [0.2, 0.25) is 0 Å². The molecule has 0 spiro atoms. The summed E-state index contributed by atoms with van der Waals surface area (Å²) in [6, 6.07) is 1.72. The Kier molecular flexibility index (Phi) is 7.51. The standard InChI is InChI=1S/C8H16Cl4Si/c1-7(3-9)5-13(11,12)6-8(2)4-10/h7-8H,3-6H2,1-2H3. The Bertz CT molecular complexity index is 126. The van der Waals surface area contributed by atoms with Gasteiger partial charge in [-0.3, -0.25) is 0 Å². The lowest BCUT2D eigenvalue weighted by Gasteiger charge is -2.22. The molecule has 0 bridgehead atoms. The second kappa shape index (κ2) is 6.79. The van der Waals surface area contributed by atoms with Gasteiger partial charge in [0, 0.05) is 11.8 Å². The maximum Gasteiger partial charge on any atom is 0.251 e. The molecule has 0 nitrogen and oxygen atoms in total. The fourth-order valence-electron chi connectivity index (χ4n) is 1.21. The van der Waals surface area contributed by atoms with Crippen LogP contribution in [-0.4, -0.2) is 18.5 Å². The SMILES string of the molecule is CC(CCl)C[Si](Cl)(Cl)CC(C)CCl. The van der Waals surface area contributed by atoms with Crippen molar-refractivity contribution in [3.63, 3.8) is 0 Å². The van der Waals surface area contributed by atoms with Gasteiger partial charge in [0.1, 0.15) is 0 Å². The van der Waals surface area contributed by atoms with Gasteiger partial charge in [0.25, 0.3) is 6.69 Å². The molecule has 0 aliphatic carbocycles. The van der Waals surface area contributed by atoms with Crippen molar-refractivity contribution in [1.82, 2.24) is 0 Å². The quantitative estimate of drug-likeness (QED) is 0.378. The van der Waals surface area contributed by atoms with E-state index in [1.165, 1.54) is 0 Å². The fourth-order valence-corrected chi connectivity index (χ4v) is 7.45. The van der Waals surface area contributed by atoms with Crippen molar-refractivity contribution in [3.8, 4) is 0 Å². The van der Waals surface area contributed by atoms with Crippen LogP contribution in [0.5, 0.6) is 0 Å². The molecule has 0 saturated heterocycles. The van der Waals surface area contributed by atoms with Gasteiger partial charge in [0.15, 0.2) is 0 Å². The zero-order chi connectivity index (χ0) is 10.5. The molecular formula is C8H16Cl4Si. The van der Waals surface area contributed by atoms with Crippen LogP contribution in [0.15, 0.2) is 0 Å². The zero-order valence-electron chi connectivity index (χ0n) is 7.99. The predicted octanol–water partition coefficient (Wildman–Crippen LogP) is 4.66. The van der Waals surface area contributed by atoms with E-state index in [4.69, 9.17) is 45.4 Å². The third-order valence-electron chi connectivity index (χ3n) is 1.82. The molecule has 0 N–H and O–H groups in total. The Labute approximate surface area is 101 Å². The summed E-state index contributed by atoms with van der Waals surface area (Å²) >= 11 is 24.0. The van der Waals surface area contributed by atoms with Crippen LogP contribution in [-0.2, 0) is 0 Å². The third kappa shape index (κ3) is 7.32. The smallest absolute Gasteiger partial charge is 0.146 e. The van der Waals surface area contributed by atoms with Gasteiger partial charge in [0.05, 0.1) is 0 Å². The first kappa shape index (κ1) is 14.4. The molecule has 0 heterocycles. The molecule has 0 aromatic carbocycles. The van der Waals surface area contributed by atoms with Gasteiger partial charge >= 0.3 is 0 Å². The van der Waals surface area contributed by atoms with E-state index < -0.39 is 6.69 Å². The highest BCUT2D eigenvalue weighted by atomic mass is 35.7. The monoisotopic (exact) mass is 280 g/mol. The summed E-state index contributed by atoms with van der Waals surface area (Å²) < 4.78 is 0. The normalized spacial score (nSPS) is 17.1. The van der Waals surface area contributed by atoms with Crippen LogP contribution < -0.4 is 0 Å². The maximum atomic E-state index is 6.27. The lowest BCUT2D eigenvalue weighted by atomic mass is 10.3. The summed E-state index contributed by atoms with van der Waals surface area (Å²) in [5.74, 6) is 2.07. The first-order chi connectivity index (χ1) is 5.91. The molecule has 5 heteroatoms. The van der Waals surface area contributed by atoms with E-state index in [0.717, 1.165) is 12.1 Å². The molecule has 0 amide bonds. The van der Waals surface area contributed by atoms with Crippen molar-refractivity contribution in [2.75, 3.05) is 11.8 Å². The average molecular weight is 282 g/mol. The molecule has 2 atom stereocenters. The third-order valence-corrected chi connectivity index (χ3v) is 7.31. The molecule has 0 aliphatic heterocycles. The van der Waals surface area contributed by atoms with E-state index >= 15 is 0 Å². The van der Waals surface area contributed by atoms with Crippen LogP contribution in [0, 0.1) is 11.8 Å². The van der Waals surface area contributed by atoms with Crippen LogP contribution in [0.4, 0.5) is 0 Å². The van der Waals surface area contributed by atoms with Crippen LogP contribution in [0.25, 0.3) is 0 Å². The van der Waals surface area contributed by atoms with E-state index in [-0.39, 0.29) is 0 Å². The molecular weight excluding hydrogens is 266 g/mol. The highest BCUT2D eigenvalue weighted by molar-refractivity contribution is 7.45. The Balaban J connectivity index is 3.92. The van der Waals surface area contributed by atoms with Crippen molar-refractivity contribution < 1.29 is 0 Å². The van der Waals surface area contributed by atoms with E-state index in [1.54, 1.807) is 0 Å². The largest absolute Gasteiger partial charge is 0.251 e. The second-order valence-corrected chi connectivity index (χ2v) is 11.9. The van der Waals surface area contributed by atoms with Gasteiger partial charge in [-0.25, -0.2) is 0 Å². The van der Waals surface area contributed by atoms with E-state index in [0.29, 0.717) is 23.6 Å². The molecule has 0 rings (SSSR count). The van der Waals surface area contributed by atoms with E-state index in [9.17, 15) is 0 Å². The van der Waals surface area contributed by atoms with Crippen molar-refractivity contribution in [2.24, 2.45) is 11.8 Å². The second-order valence-electron chi connectivity index (χ2n) is 3.78. The summed E-state index contributed by atoms with van der Waals surface area (Å²) in [5.41, 5.74) is 0. The Morgan fingerprint density at radius 3 is 1.46 bits per heavy atom. The minimum atomic E-state index is -2.10. The molecule has 80 valence electrons. The number of alkyl halides is 2. The molecule has 0 radical (unpaired) electrons. The number of halogens is 4. The fraction of sp³-hybridized carbons (Fsp3) is 1.00. The van der Waals surface area contributed by atoms with Crippen molar-refractivity contribution in [1.29, 1.82) is 0 Å². The van der Waals surface area contributed by atoms with Crippen LogP contribution >= 0.6 is 45.4 Å². The van der Waals surface area contributed by atoms with E-state index in [1.807, 2.05) is 0 Å². The topological polar surface area (TPSA) is 0 Å². The van der Waals surface area contributed by atoms with Crippen molar-refractivity contribution in [2.45, 2.75) is 25.9 Å². The first-order valence-electron chi connectivity index (χ1n) is 4.41. The summed E-state index contributed by atoms with van der Waals surface area (Å²) in [4.78, 5) is 0. The van der Waals surface area contributed by atoms with Crippen LogP contribution in [0.1, 0.15) is 13.8 Å². The average Bonchev–Trinajstić information content (AvgIpc) is 2.02. The lowest BCUT2D eigenvalue weighted by molar-refractivity contribution is 0.702. The highest BCUT2D eigenvalue weighted by Gasteiger charge is 2.31. The number of hydrogen-bond acceptors (Lipinski definition) is 0. The molecule has 0 aliphatic rings. The van der Waals surface area contributed by atoms with Gasteiger partial charge in [-0.05, 0) is 23.9 Å². The Hall–Kier alpha value is 1.38. The molecule has 2 unspecified atom stereocenters. The van der Waals surface area contributed by atoms with Crippen LogP contribution in [0.2, 0.25) is 12.1 Å². The summed E-state index contributed by atoms with van der Waals surface area (Å²) in [6.45, 7) is 2.05. The number of rotatable bonds is 6. The molecule has 13 heavy (non-hydrogen) atoms. The molecule has 0 saturated carbocycles. The zero-order valence-corrected chi connectivity index (χ0v) is 12.0. The van der Waals surface area contributed by atoms with Gasteiger partial charge in [-0.2, -0.15) is 0 Å². The van der Waals surface area contributed by atoms with Gasteiger partial charge < -0.3 is 0 Å². The van der Waals surface area contributed by atoms with E-state index in [2.05, 4.69) is 13.8 Å². The first-order valence-corrected chi connectivity index (χ1v) is 9.91. The van der Waals surface area contributed by atoms with Crippen molar-refractivity contribution >= 4 is 52.1 Å². The highest BCUT2D eigenvalue weighted by Crippen LogP contribution is 2.33. The summed E-state index contributed by atoms with van der Waals surface area (Å²) in [6.07, 6.45) is 0. The predicted molar refractivity (Wildman–Crippen MR) is 66.8 cm³/mol. The minimum absolute atomic E-state index is 0.408. The minimum Gasteiger partial charge on any atom is -0.146 e. The maximum absolute atomic E-state index is 6.27. The Morgan fingerprint density at radius 1 is 0.923 bits per heavy atom. The Morgan fingerprint density at radius 2 is 1.23 bits per heavy atom. The lowest BCUT2D eigenvalue weighted by Crippen LogP contribution is -2.25. The van der Waals surface area contributed by atoms with Gasteiger partial charge in [-0.15, -0.1) is 45.4 Å². The van der Waals surface area contributed by atoms with Crippen molar-refractivity contribution in [3.05, 3.63) is 0 Å². The van der Waals surface area contributed by atoms with Gasteiger partial charge in [-0.1, -0.05) is 13.8 Å². The molecule has 0 aromatic heterocycles. The molecule has 0 fully saturated rings. The number of hydrogen-bond donors (Lipinski definition) is 0. The summed E-state index contributed by atoms with van der Waals surface area (Å²) in [7, 11) is 0. The summed E-state index contributed by atoms with van der Waals surface area (Å²) in [5, 5.41) is 0.